The number of carboxylic acid groups (broad SMARTS) is 1. The van der Waals surface area contributed by atoms with Gasteiger partial charge in [-0.1, -0.05) is 13.8 Å². The fourth-order valence-electron chi connectivity index (χ4n) is 0.747. The summed E-state index contributed by atoms with van der Waals surface area (Å²) in [6, 6.07) is 0. The lowest BCUT2D eigenvalue weighted by Gasteiger charge is -2.25. The number of aliphatic carboxylic acids is 1. The van der Waals surface area contributed by atoms with Gasteiger partial charge < -0.3 is 9.84 Å². The summed E-state index contributed by atoms with van der Waals surface area (Å²) in [5.74, 6) is -0.944. The molecule has 0 saturated heterocycles. The van der Waals surface area contributed by atoms with Gasteiger partial charge in [0.1, 0.15) is 0 Å². The van der Waals surface area contributed by atoms with Crippen LogP contribution in [0.25, 0.3) is 0 Å². The van der Waals surface area contributed by atoms with Gasteiger partial charge in [0.25, 0.3) is 0 Å². The van der Waals surface area contributed by atoms with E-state index in [-0.39, 0.29) is 12.5 Å². The van der Waals surface area contributed by atoms with Crippen molar-refractivity contribution < 1.29 is 24.3 Å². The van der Waals surface area contributed by atoms with Crippen molar-refractivity contribution in [3.8, 4) is 0 Å². The van der Waals surface area contributed by atoms with Crippen LogP contribution >= 0.6 is 0 Å². The first-order chi connectivity index (χ1) is 7.16. The molecule has 0 aromatic carbocycles. The van der Waals surface area contributed by atoms with Crippen LogP contribution in [0.15, 0.2) is 0 Å². The highest BCUT2D eigenvalue weighted by Crippen LogP contribution is 2.11. The fraction of sp³-hybridized carbons (Fsp3) is 0.800. The van der Waals surface area contributed by atoms with Gasteiger partial charge in [-0.05, 0) is 19.8 Å². The molecule has 0 radical (unpaired) electrons. The number of hydrogen-bond acceptors (Lipinski definition) is 4. The minimum absolute atomic E-state index is 0.213. The number of hydroxylamine groups is 2. The minimum Gasteiger partial charge on any atom is -0.479 e. The zero-order valence-corrected chi connectivity index (χ0v) is 10.3. The Morgan fingerprint density at radius 2 is 1.88 bits per heavy atom. The lowest BCUT2D eigenvalue weighted by atomic mass is 10.1. The molecular formula is C10H19NO5. The zero-order chi connectivity index (χ0) is 12.9. The number of carbonyl (C=O) groups excluding carboxylic acids is 1. The second kappa shape index (κ2) is 5.69. The molecule has 0 heterocycles. The highest BCUT2D eigenvalue weighted by atomic mass is 16.7. The normalized spacial score (nSPS) is 11.4. The van der Waals surface area contributed by atoms with Gasteiger partial charge in [0.15, 0.2) is 5.60 Å². The van der Waals surface area contributed by atoms with E-state index < -0.39 is 17.7 Å². The molecule has 1 N–H and O–H groups in total. The van der Waals surface area contributed by atoms with Crippen molar-refractivity contribution in [2.75, 3.05) is 13.7 Å². The average molecular weight is 233 g/mol. The second-order valence-electron chi connectivity index (χ2n) is 4.37. The Balaban J connectivity index is 4.20. The van der Waals surface area contributed by atoms with Crippen LogP contribution in [-0.4, -0.2) is 41.5 Å². The zero-order valence-electron chi connectivity index (χ0n) is 10.3. The highest BCUT2D eigenvalue weighted by Gasteiger charge is 2.32. The van der Waals surface area contributed by atoms with E-state index in [1.807, 2.05) is 13.8 Å². The van der Waals surface area contributed by atoms with Crippen molar-refractivity contribution in [2.45, 2.75) is 33.3 Å². The Labute approximate surface area is 95.1 Å². The van der Waals surface area contributed by atoms with Crippen LogP contribution in [0.2, 0.25) is 0 Å². The maximum atomic E-state index is 11.3. The number of amides is 1. The summed E-state index contributed by atoms with van der Waals surface area (Å²) in [4.78, 5) is 27.0. The fourth-order valence-corrected chi connectivity index (χ4v) is 0.747. The summed E-state index contributed by atoms with van der Waals surface area (Å²) in [7, 11) is 1.31. The Kier molecular flexibility index (Phi) is 5.23. The molecule has 0 aliphatic rings. The molecule has 0 unspecified atom stereocenters. The first-order valence-electron chi connectivity index (χ1n) is 5.00. The summed E-state index contributed by atoms with van der Waals surface area (Å²) in [6.07, 6.45) is -0.706. The number of hydrogen-bond donors (Lipinski definition) is 1. The van der Waals surface area contributed by atoms with Gasteiger partial charge in [-0.3, -0.25) is 4.84 Å². The van der Waals surface area contributed by atoms with Crippen LogP contribution in [0.1, 0.15) is 27.7 Å². The Hall–Kier alpha value is -1.30. The Morgan fingerprint density at radius 1 is 1.38 bits per heavy atom. The average Bonchev–Trinajstić information content (AvgIpc) is 2.12. The predicted molar refractivity (Wildman–Crippen MR) is 56.7 cm³/mol. The molecule has 0 aromatic heterocycles. The lowest BCUT2D eigenvalue weighted by molar-refractivity contribution is -0.214. The largest absolute Gasteiger partial charge is 0.479 e. The van der Waals surface area contributed by atoms with Gasteiger partial charge in [0.2, 0.25) is 0 Å². The number of carbonyl (C=O) groups is 2. The quantitative estimate of drug-likeness (QED) is 0.728. The number of rotatable bonds is 5. The minimum atomic E-state index is -1.47. The molecule has 0 aliphatic heterocycles. The molecule has 6 nitrogen and oxygen atoms in total. The maximum Gasteiger partial charge on any atom is 0.433 e. The third-order valence-corrected chi connectivity index (χ3v) is 1.68. The molecule has 0 aromatic rings. The van der Waals surface area contributed by atoms with E-state index in [1.165, 1.54) is 20.9 Å². The van der Waals surface area contributed by atoms with Crippen LogP contribution in [0, 0.1) is 5.92 Å². The summed E-state index contributed by atoms with van der Waals surface area (Å²) in [6.45, 7) is 6.76. The van der Waals surface area contributed by atoms with E-state index in [2.05, 4.69) is 0 Å². The van der Waals surface area contributed by atoms with Crippen molar-refractivity contribution in [1.29, 1.82) is 0 Å². The van der Waals surface area contributed by atoms with Crippen LogP contribution in [-0.2, 0) is 14.4 Å². The maximum absolute atomic E-state index is 11.3. The molecule has 0 atom stereocenters. The molecule has 6 heteroatoms. The van der Waals surface area contributed by atoms with E-state index >= 15 is 0 Å². The molecule has 94 valence electrons. The molecular weight excluding hydrogens is 214 g/mol. The first-order valence-corrected chi connectivity index (χ1v) is 5.00. The molecule has 0 fully saturated rings. The van der Waals surface area contributed by atoms with E-state index in [9.17, 15) is 9.59 Å². The standard InChI is InChI=1S/C10H19NO5/c1-7(2)6-15-9(14)11(5)16-10(3,4)8(12)13/h7H,6H2,1-5H3,(H,12,13). The summed E-state index contributed by atoms with van der Waals surface area (Å²) in [5, 5.41) is 9.57. The highest BCUT2D eigenvalue weighted by molar-refractivity contribution is 5.76. The van der Waals surface area contributed by atoms with Crippen LogP contribution in [0.5, 0.6) is 0 Å². The van der Waals surface area contributed by atoms with Gasteiger partial charge in [0, 0.05) is 7.05 Å². The van der Waals surface area contributed by atoms with Crippen molar-refractivity contribution in [3.63, 3.8) is 0 Å². The predicted octanol–water partition coefficient (Wildman–Crippen LogP) is 1.51. The Bertz CT molecular complexity index is 262. The summed E-state index contributed by atoms with van der Waals surface area (Å²) >= 11 is 0. The van der Waals surface area contributed by atoms with Crippen molar-refractivity contribution in [1.82, 2.24) is 5.06 Å². The third kappa shape index (κ3) is 4.97. The van der Waals surface area contributed by atoms with Crippen molar-refractivity contribution in [2.24, 2.45) is 5.92 Å². The van der Waals surface area contributed by atoms with E-state index in [1.54, 1.807) is 0 Å². The van der Waals surface area contributed by atoms with Crippen molar-refractivity contribution in [3.05, 3.63) is 0 Å². The molecule has 0 aliphatic carbocycles. The second-order valence-corrected chi connectivity index (χ2v) is 4.37. The van der Waals surface area contributed by atoms with Gasteiger partial charge in [-0.15, -0.1) is 0 Å². The van der Waals surface area contributed by atoms with Gasteiger partial charge in [-0.25, -0.2) is 9.59 Å². The molecule has 0 bridgehead atoms. The third-order valence-electron chi connectivity index (χ3n) is 1.68. The van der Waals surface area contributed by atoms with Gasteiger partial charge >= 0.3 is 12.1 Å². The summed E-state index contributed by atoms with van der Waals surface area (Å²) in [5.41, 5.74) is -1.47. The van der Waals surface area contributed by atoms with Crippen molar-refractivity contribution >= 4 is 12.1 Å². The van der Waals surface area contributed by atoms with E-state index in [4.69, 9.17) is 14.7 Å². The lowest BCUT2D eigenvalue weighted by Crippen LogP contribution is -2.43. The topological polar surface area (TPSA) is 76.1 Å². The van der Waals surface area contributed by atoms with E-state index in [0.29, 0.717) is 0 Å². The van der Waals surface area contributed by atoms with Crippen LogP contribution < -0.4 is 0 Å². The first kappa shape index (κ1) is 14.7. The number of ether oxygens (including phenoxy) is 1. The van der Waals surface area contributed by atoms with Gasteiger partial charge in [0.05, 0.1) is 6.61 Å². The molecule has 0 rings (SSSR count). The molecule has 1 amide bonds. The summed E-state index contributed by atoms with van der Waals surface area (Å²) < 4.78 is 4.86. The van der Waals surface area contributed by atoms with Crippen LogP contribution in [0.4, 0.5) is 4.79 Å². The number of carboxylic acids is 1. The monoisotopic (exact) mass is 233 g/mol. The van der Waals surface area contributed by atoms with Crippen LogP contribution in [0.3, 0.4) is 0 Å². The number of nitrogens with zero attached hydrogens (tertiary/aromatic N) is 1. The SMILES string of the molecule is CC(C)COC(=O)N(C)OC(C)(C)C(=O)O. The molecule has 0 saturated carbocycles. The molecule has 16 heavy (non-hydrogen) atoms. The molecule has 0 spiro atoms. The van der Waals surface area contributed by atoms with E-state index in [0.717, 1.165) is 5.06 Å². The van der Waals surface area contributed by atoms with Gasteiger partial charge in [-0.2, -0.15) is 5.06 Å². The smallest absolute Gasteiger partial charge is 0.433 e. The Morgan fingerprint density at radius 3 is 2.25 bits per heavy atom.